The van der Waals surface area contributed by atoms with E-state index < -0.39 is 24.7 Å². The number of cyclic esters (lactones) is 1. The van der Waals surface area contributed by atoms with Crippen LogP contribution in [0.4, 0.5) is 13.6 Å². The summed E-state index contributed by atoms with van der Waals surface area (Å²) in [6.45, 7) is -0.912. The highest BCUT2D eigenvalue weighted by atomic mass is 19.3. The molecule has 1 N–H and O–H groups in total. The molecule has 1 saturated heterocycles. The molecule has 1 amide bonds. The first kappa shape index (κ1) is 13.9. The third-order valence-corrected chi connectivity index (χ3v) is 4.19. The fourth-order valence-electron chi connectivity index (χ4n) is 3.14. The highest BCUT2D eigenvalue weighted by Crippen LogP contribution is 2.40. The molecular formula is C18H13F2NO2. The van der Waals surface area contributed by atoms with Crippen molar-refractivity contribution >= 4 is 27.6 Å². The zero-order chi connectivity index (χ0) is 16.0. The molecule has 0 spiro atoms. The van der Waals surface area contributed by atoms with Gasteiger partial charge in [0, 0.05) is 0 Å². The standard InChI is InChI=1S/C18H13F2NO2/c19-18(20)10-23-17(22)21-16(18)15-9-11-5-1-2-6-12(11)13-7-3-4-8-14(13)15/h1-9,16H,10H2,(H,21,22)/t16-/m0/s1. The lowest BCUT2D eigenvalue weighted by Gasteiger charge is -2.32. The van der Waals surface area contributed by atoms with Gasteiger partial charge < -0.3 is 10.1 Å². The number of halogens is 2. The zero-order valence-corrected chi connectivity index (χ0v) is 12.1. The first-order chi connectivity index (χ1) is 11.1. The number of hydrogen-bond donors (Lipinski definition) is 1. The van der Waals surface area contributed by atoms with E-state index in [1.54, 1.807) is 18.2 Å². The summed E-state index contributed by atoms with van der Waals surface area (Å²) in [5.74, 6) is -3.17. The topological polar surface area (TPSA) is 38.3 Å². The second-order valence-electron chi connectivity index (χ2n) is 5.65. The van der Waals surface area contributed by atoms with Crippen LogP contribution < -0.4 is 5.32 Å². The van der Waals surface area contributed by atoms with Crippen molar-refractivity contribution in [2.24, 2.45) is 0 Å². The van der Waals surface area contributed by atoms with Gasteiger partial charge in [0.05, 0.1) is 0 Å². The molecule has 0 aliphatic carbocycles. The molecule has 0 radical (unpaired) electrons. The van der Waals surface area contributed by atoms with Crippen LogP contribution in [0, 0.1) is 0 Å². The van der Waals surface area contributed by atoms with Gasteiger partial charge in [-0.05, 0) is 33.2 Å². The fraction of sp³-hybridized carbons (Fsp3) is 0.167. The zero-order valence-electron chi connectivity index (χ0n) is 12.1. The van der Waals surface area contributed by atoms with Gasteiger partial charge in [0.1, 0.15) is 6.04 Å². The van der Waals surface area contributed by atoms with E-state index in [0.29, 0.717) is 10.9 Å². The minimum absolute atomic E-state index is 0.404. The number of ether oxygens (including phenoxy) is 1. The molecule has 116 valence electrons. The van der Waals surface area contributed by atoms with E-state index >= 15 is 0 Å². The second-order valence-corrected chi connectivity index (χ2v) is 5.65. The number of amides is 1. The molecule has 1 aliphatic rings. The van der Waals surface area contributed by atoms with Gasteiger partial charge in [0.2, 0.25) is 0 Å². The molecule has 3 aromatic carbocycles. The van der Waals surface area contributed by atoms with Gasteiger partial charge in [-0.15, -0.1) is 0 Å². The van der Waals surface area contributed by atoms with Gasteiger partial charge in [-0.3, -0.25) is 0 Å². The Hall–Kier alpha value is -2.69. The number of hydrogen-bond acceptors (Lipinski definition) is 2. The minimum atomic E-state index is -3.17. The average Bonchev–Trinajstić information content (AvgIpc) is 2.56. The first-order valence-electron chi connectivity index (χ1n) is 7.28. The molecule has 1 atom stereocenters. The number of rotatable bonds is 1. The first-order valence-corrected chi connectivity index (χ1v) is 7.28. The van der Waals surface area contributed by atoms with E-state index in [4.69, 9.17) is 0 Å². The maximum atomic E-state index is 14.3. The highest BCUT2D eigenvalue weighted by Gasteiger charge is 2.47. The van der Waals surface area contributed by atoms with Gasteiger partial charge in [-0.25, -0.2) is 13.6 Å². The van der Waals surface area contributed by atoms with Crippen LogP contribution in [0.15, 0.2) is 54.6 Å². The summed E-state index contributed by atoms with van der Waals surface area (Å²) in [5.41, 5.74) is 0.404. The fourth-order valence-corrected chi connectivity index (χ4v) is 3.14. The molecule has 0 aromatic heterocycles. The molecule has 0 saturated carbocycles. The van der Waals surface area contributed by atoms with Crippen LogP contribution in [0.2, 0.25) is 0 Å². The molecule has 0 bridgehead atoms. The number of nitrogens with one attached hydrogen (secondary N) is 1. The maximum Gasteiger partial charge on any atom is 0.408 e. The molecule has 3 aromatic rings. The Morgan fingerprint density at radius 2 is 1.65 bits per heavy atom. The van der Waals surface area contributed by atoms with Crippen LogP contribution in [0.5, 0.6) is 0 Å². The van der Waals surface area contributed by atoms with E-state index in [-0.39, 0.29) is 0 Å². The number of carbonyl (C=O) groups excluding carboxylic acids is 1. The molecule has 23 heavy (non-hydrogen) atoms. The average molecular weight is 313 g/mol. The molecule has 0 unspecified atom stereocenters. The summed E-state index contributed by atoms with van der Waals surface area (Å²) in [6.07, 6.45) is -0.821. The normalized spacial score (nSPS) is 20.3. The Bertz CT molecular complexity index is 923. The second kappa shape index (κ2) is 4.91. The molecular weight excluding hydrogens is 300 g/mol. The smallest absolute Gasteiger partial charge is 0.408 e. The van der Waals surface area contributed by atoms with Gasteiger partial charge in [-0.2, -0.15) is 0 Å². The van der Waals surface area contributed by atoms with Crippen molar-refractivity contribution < 1.29 is 18.3 Å². The Morgan fingerprint density at radius 3 is 2.43 bits per heavy atom. The third-order valence-electron chi connectivity index (χ3n) is 4.19. The van der Waals surface area contributed by atoms with Crippen molar-refractivity contribution in [2.45, 2.75) is 12.0 Å². The van der Waals surface area contributed by atoms with Crippen molar-refractivity contribution in [1.82, 2.24) is 5.32 Å². The monoisotopic (exact) mass is 313 g/mol. The predicted molar refractivity (Wildman–Crippen MR) is 83.6 cm³/mol. The Labute approximate surface area is 130 Å². The molecule has 3 nitrogen and oxygen atoms in total. The van der Waals surface area contributed by atoms with Crippen LogP contribution in [0.25, 0.3) is 21.5 Å². The SMILES string of the molecule is O=C1N[C@@H](c2cc3ccccc3c3ccccc23)C(F)(F)CO1. The van der Waals surface area contributed by atoms with E-state index in [0.717, 1.165) is 16.2 Å². The Morgan fingerprint density at radius 1 is 1.00 bits per heavy atom. The molecule has 1 fully saturated rings. The summed E-state index contributed by atoms with van der Waals surface area (Å²) >= 11 is 0. The van der Waals surface area contributed by atoms with Gasteiger partial charge in [-0.1, -0.05) is 48.5 Å². The lowest BCUT2D eigenvalue weighted by atomic mass is 9.90. The summed E-state index contributed by atoms with van der Waals surface area (Å²) in [7, 11) is 0. The minimum Gasteiger partial charge on any atom is -0.443 e. The maximum absolute atomic E-state index is 14.3. The summed E-state index contributed by atoms with van der Waals surface area (Å²) in [4.78, 5) is 11.5. The highest BCUT2D eigenvalue weighted by molar-refractivity contribution is 6.09. The molecule has 4 rings (SSSR count). The number of alkyl carbamates (subject to hydrolysis) is 1. The van der Waals surface area contributed by atoms with Crippen LogP contribution in [0.1, 0.15) is 11.6 Å². The van der Waals surface area contributed by atoms with Crippen LogP contribution in [-0.2, 0) is 4.74 Å². The largest absolute Gasteiger partial charge is 0.443 e. The molecule has 1 heterocycles. The lowest BCUT2D eigenvalue weighted by Crippen LogP contribution is -2.49. The van der Waals surface area contributed by atoms with Crippen molar-refractivity contribution in [2.75, 3.05) is 6.61 Å². The lowest BCUT2D eigenvalue weighted by molar-refractivity contribution is -0.103. The van der Waals surface area contributed by atoms with E-state index in [2.05, 4.69) is 10.1 Å². The number of fused-ring (bicyclic) bond motifs is 3. The third kappa shape index (κ3) is 2.20. The van der Waals surface area contributed by atoms with Crippen molar-refractivity contribution in [1.29, 1.82) is 0 Å². The van der Waals surface area contributed by atoms with E-state index in [9.17, 15) is 13.6 Å². The van der Waals surface area contributed by atoms with Crippen molar-refractivity contribution in [3.63, 3.8) is 0 Å². The Balaban J connectivity index is 2.03. The van der Waals surface area contributed by atoms with E-state index in [1.165, 1.54) is 0 Å². The number of alkyl halides is 2. The quantitative estimate of drug-likeness (QED) is 0.676. The van der Waals surface area contributed by atoms with Crippen LogP contribution >= 0.6 is 0 Å². The van der Waals surface area contributed by atoms with Crippen LogP contribution in [0.3, 0.4) is 0 Å². The predicted octanol–water partition coefficient (Wildman–Crippen LogP) is 4.41. The van der Waals surface area contributed by atoms with Gasteiger partial charge >= 0.3 is 12.0 Å². The van der Waals surface area contributed by atoms with Crippen molar-refractivity contribution in [3.8, 4) is 0 Å². The van der Waals surface area contributed by atoms with Gasteiger partial charge in [0.25, 0.3) is 0 Å². The van der Waals surface area contributed by atoms with Crippen LogP contribution in [-0.4, -0.2) is 18.6 Å². The number of carbonyl (C=O) groups is 1. The van der Waals surface area contributed by atoms with Crippen molar-refractivity contribution in [3.05, 3.63) is 60.2 Å². The summed E-state index contributed by atoms with van der Waals surface area (Å²) in [6, 6.07) is 15.3. The number of benzene rings is 3. The Kier molecular flexibility index (Phi) is 2.98. The summed E-state index contributed by atoms with van der Waals surface area (Å²) in [5, 5.41) is 5.71. The van der Waals surface area contributed by atoms with E-state index in [1.807, 2.05) is 36.4 Å². The molecule has 5 heteroatoms. The summed E-state index contributed by atoms with van der Waals surface area (Å²) < 4.78 is 33.1. The molecule has 1 aliphatic heterocycles. The van der Waals surface area contributed by atoms with Gasteiger partial charge in [0.15, 0.2) is 6.61 Å².